The zero-order valence-electron chi connectivity index (χ0n) is 8.20. The van der Waals surface area contributed by atoms with Gasteiger partial charge in [-0.1, -0.05) is 25.8 Å². The molecule has 0 aliphatic rings. The number of oxazole rings is 1. The van der Waals surface area contributed by atoms with Crippen molar-refractivity contribution in [3.05, 3.63) is 37.1 Å². The van der Waals surface area contributed by atoms with Crippen LogP contribution < -0.4 is 0 Å². The van der Waals surface area contributed by atoms with Gasteiger partial charge in [0.1, 0.15) is 5.52 Å². The van der Waals surface area contributed by atoms with E-state index in [-0.39, 0.29) is 0 Å². The fraction of sp³-hybridized carbons (Fsp3) is 0.333. The molecule has 0 spiro atoms. The number of benzene rings is 1. The van der Waals surface area contributed by atoms with Gasteiger partial charge in [0.15, 0.2) is 12.0 Å². The predicted molar refractivity (Wildman–Crippen MR) is 56.9 cm³/mol. The van der Waals surface area contributed by atoms with Crippen LogP contribution in [0.3, 0.4) is 0 Å². The largest absolute Gasteiger partial charge is 0.443 e. The first-order valence-corrected chi connectivity index (χ1v) is 5.01. The Bertz CT molecular complexity index is 405. The lowest BCUT2D eigenvalue weighted by atomic mass is 10.1. The lowest BCUT2D eigenvalue weighted by Gasteiger charge is -1.99. The highest BCUT2D eigenvalue weighted by Gasteiger charge is 1.99. The average molecular weight is 188 g/mol. The van der Waals surface area contributed by atoms with E-state index in [9.17, 15) is 0 Å². The van der Waals surface area contributed by atoms with Gasteiger partial charge < -0.3 is 4.42 Å². The highest BCUT2D eigenvalue weighted by molar-refractivity contribution is 5.72. The van der Waals surface area contributed by atoms with Crippen LogP contribution in [0, 0.1) is 6.92 Å². The molecule has 0 fully saturated rings. The summed E-state index contributed by atoms with van der Waals surface area (Å²) in [5.41, 5.74) is 3.14. The van der Waals surface area contributed by atoms with E-state index in [2.05, 4.69) is 24.0 Å². The van der Waals surface area contributed by atoms with E-state index in [1.54, 1.807) is 0 Å². The maximum atomic E-state index is 5.24. The Kier molecular flexibility index (Phi) is 2.82. The van der Waals surface area contributed by atoms with Crippen molar-refractivity contribution in [1.82, 2.24) is 4.98 Å². The van der Waals surface area contributed by atoms with Gasteiger partial charge in [0, 0.05) is 0 Å². The Morgan fingerprint density at radius 3 is 3.07 bits per heavy atom. The monoisotopic (exact) mass is 188 g/mol. The minimum Gasteiger partial charge on any atom is -0.443 e. The lowest BCUT2D eigenvalue weighted by molar-refractivity contribution is 0.601. The van der Waals surface area contributed by atoms with Crippen molar-refractivity contribution in [2.75, 3.05) is 0 Å². The van der Waals surface area contributed by atoms with Gasteiger partial charge in [-0.2, -0.15) is 0 Å². The number of fused-ring (bicyclic) bond motifs is 1. The van der Waals surface area contributed by atoms with Crippen molar-refractivity contribution in [1.29, 1.82) is 0 Å². The van der Waals surface area contributed by atoms with Crippen LogP contribution >= 0.6 is 0 Å². The van der Waals surface area contributed by atoms with Crippen molar-refractivity contribution < 1.29 is 4.42 Å². The van der Waals surface area contributed by atoms with Gasteiger partial charge in [-0.25, -0.2) is 4.98 Å². The molecule has 0 bridgehead atoms. The Morgan fingerprint density at radius 1 is 1.29 bits per heavy atom. The average Bonchev–Trinajstić information content (AvgIpc) is 2.65. The Hall–Kier alpha value is -1.31. The van der Waals surface area contributed by atoms with Gasteiger partial charge in [-0.05, 0) is 30.5 Å². The quantitative estimate of drug-likeness (QED) is 0.687. The van der Waals surface area contributed by atoms with Crippen molar-refractivity contribution in [3.8, 4) is 0 Å². The smallest absolute Gasteiger partial charge is 0.181 e. The highest BCUT2D eigenvalue weighted by Crippen LogP contribution is 2.15. The summed E-state index contributed by atoms with van der Waals surface area (Å²) >= 11 is 0. The topological polar surface area (TPSA) is 26.0 Å². The first-order valence-electron chi connectivity index (χ1n) is 5.01. The molecule has 0 saturated heterocycles. The molecule has 2 aromatic rings. The second-order valence-electron chi connectivity index (χ2n) is 3.47. The zero-order valence-corrected chi connectivity index (χ0v) is 8.20. The summed E-state index contributed by atoms with van der Waals surface area (Å²) in [4.78, 5) is 4.08. The van der Waals surface area contributed by atoms with E-state index in [4.69, 9.17) is 4.42 Å². The molecule has 0 atom stereocenters. The van der Waals surface area contributed by atoms with Crippen molar-refractivity contribution in [2.45, 2.75) is 25.7 Å². The van der Waals surface area contributed by atoms with E-state index in [0.717, 1.165) is 23.9 Å². The molecular formula is C12H14NO. The number of unbranched alkanes of at least 4 members (excludes halogenated alkanes) is 2. The number of hydrogen-bond acceptors (Lipinski definition) is 2. The van der Waals surface area contributed by atoms with Crippen molar-refractivity contribution in [2.24, 2.45) is 0 Å². The van der Waals surface area contributed by atoms with Crippen molar-refractivity contribution >= 4 is 11.1 Å². The van der Waals surface area contributed by atoms with Crippen LogP contribution in [-0.2, 0) is 6.42 Å². The van der Waals surface area contributed by atoms with Gasteiger partial charge in [0.05, 0.1) is 0 Å². The molecule has 1 heterocycles. The molecule has 0 N–H and O–H groups in total. The Morgan fingerprint density at radius 2 is 2.21 bits per heavy atom. The minimum absolute atomic E-state index is 0.886. The number of rotatable bonds is 4. The minimum atomic E-state index is 0.886. The molecule has 0 aliphatic carbocycles. The van der Waals surface area contributed by atoms with Crippen LogP contribution in [-0.4, -0.2) is 4.98 Å². The normalized spacial score (nSPS) is 10.9. The van der Waals surface area contributed by atoms with Crippen LogP contribution in [0.1, 0.15) is 24.8 Å². The molecule has 73 valence electrons. The zero-order chi connectivity index (χ0) is 9.80. The maximum Gasteiger partial charge on any atom is 0.181 e. The Labute approximate surface area is 84.0 Å². The summed E-state index contributed by atoms with van der Waals surface area (Å²) in [5, 5.41) is 0. The molecule has 14 heavy (non-hydrogen) atoms. The molecule has 1 radical (unpaired) electrons. The molecular weight excluding hydrogens is 174 g/mol. The number of nitrogens with zero attached hydrogens (tertiary/aromatic N) is 1. The molecule has 2 rings (SSSR count). The van der Waals surface area contributed by atoms with Gasteiger partial charge in [0.25, 0.3) is 0 Å². The summed E-state index contributed by atoms with van der Waals surface area (Å²) in [6.45, 7) is 3.83. The summed E-state index contributed by atoms with van der Waals surface area (Å²) in [6, 6.07) is 6.21. The van der Waals surface area contributed by atoms with Gasteiger partial charge in [-0.3, -0.25) is 0 Å². The fourth-order valence-electron chi connectivity index (χ4n) is 1.56. The summed E-state index contributed by atoms with van der Waals surface area (Å²) < 4.78 is 5.24. The number of aromatic nitrogens is 1. The Balaban J connectivity index is 2.10. The van der Waals surface area contributed by atoms with Crippen LogP contribution in [0.15, 0.2) is 29.0 Å². The summed E-state index contributed by atoms with van der Waals surface area (Å²) in [7, 11) is 0. The summed E-state index contributed by atoms with van der Waals surface area (Å²) in [5.74, 6) is 0. The predicted octanol–water partition coefficient (Wildman–Crippen LogP) is 3.37. The fourth-order valence-corrected chi connectivity index (χ4v) is 1.56. The van der Waals surface area contributed by atoms with Gasteiger partial charge in [-0.15, -0.1) is 0 Å². The molecule has 1 aromatic carbocycles. The van der Waals surface area contributed by atoms with E-state index in [1.807, 2.05) is 6.07 Å². The van der Waals surface area contributed by atoms with Crippen LogP contribution in [0.4, 0.5) is 0 Å². The van der Waals surface area contributed by atoms with Crippen LogP contribution in [0.2, 0.25) is 0 Å². The molecule has 0 saturated carbocycles. The third kappa shape index (κ3) is 1.95. The molecule has 0 amide bonds. The third-order valence-corrected chi connectivity index (χ3v) is 2.36. The first kappa shape index (κ1) is 9.25. The summed E-state index contributed by atoms with van der Waals surface area (Å²) in [6.07, 6.45) is 6.00. The van der Waals surface area contributed by atoms with Gasteiger partial charge >= 0.3 is 0 Å². The molecule has 0 aliphatic heterocycles. The van der Waals surface area contributed by atoms with E-state index < -0.39 is 0 Å². The molecule has 2 heteroatoms. The maximum absolute atomic E-state index is 5.24. The SMILES string of the molecule is [CH2]CCCCc1ccc2ncoc2c1. The van der Waals surface area contributed by atoms with E-state index in [1.165, 1.54) is 24.8 Å². The first-order chi connectivity index (χ1) is 6.90. The van der Waals surface area contributed by atoms with Crippen LogP contribution in [0.5, 0.6) is 0 Å². The number of hydrogen-bond donors (Lipinski definition) is 0. The molecule has 1 aromatic heterocycles. The highest BCUT2D eigenvalue weighted by atomic mass is 16.3. The number of aryl methyl sites for hydroxylation is 1. The van der Waals surface area contributed by atoms with E-state index in [0.29, 0.717) is 0 Å². The van der Waals surface area contributed by atoms with E-state index >= 15 is 0 Å². The molecule has 0 unspecified atom stereocenters. The van der Waals surface area contributed by atoms with Crippen molar-refractivity contribution in [3.63, 3.8) is 0 Å². The standard InChI is InChI=1S/C12H14NO/c1-2-3-4-5-10-6-7-11-12(8-10)14-9-13-11/h6-9H,1-5H2. The lowest BCUT2D eigenvalue weighted by Crippen LogP contribution is -1.84. The second kappa shape index (κ2) is 4.27. The molecule has 2 nitrogen and oxygen atoms in total. The van der Waals surface area contributed by atoms with Crippen LogP contribution in [0.25, 0.3) is 11.1 Å². The van der Waals surface area contributed by atoms with Gasteiger partial charge in [0.2, 0.25) is 0 Å². The third-order valence-electron chi connectivity index (χ3n) is 2.36. The second-order valence-corrected chi connectivity index (χ2v) is 3.47.